The number of tetrazole rings is 1. The molecule has 0 atom stereocenters. The van der Waals surface area contributed by atoms with Gasteiger partial charge in [0.05, 0.1) is 6.04 Å². The quantitative estimate of drug-likeness (QED) is 0.909. The van der Waals surface area contributed by atoms with Crippen LogP contribution in [0.4, 0.5) is 8.78 Å². The molecule has 2 aliphatic carbocycles. The van der Waals surface area contributed by atoms with Crippen molar-refractivity contribution in [3.8, 4) is 11.4 Å². The number of nitrogens with zero attached hydrogens (tertiary/aromatic N) is 4. The summed E-state index contributed by atoms with van der Waals surface area (Å²) in [6.07, 6.45) is 2.61. The number of benzene rings is 1. The van der Waals surface area contributed by atoms with Crippen LogP contribution in [0.5, 0.6) is 0 Å². The van der Waals surface area contributed by atoms with Gasteiger partial charge in [-0.1, -0.05) is 30.3 Å². The van der Waals surface area contributed by atoms with Crippen molar-refractivity contribution >= 4 is 5.91 Å². The molecular formula is C18H21F2N5O. The first-order valence-electron chi connectivity index (χ1n) is 9.03. The summed E-state index contributed by atoms with van der Waals surface area (Å²) in [5.74, 6) is -2.82. The second-order valence-corrected chi connectivity index (χ2v) is 7.27. The third kappa shape index (κ3) is 3.59. The first-order chi connectivity index (χ1) is 12.5. The van der Waals surface area contributed by atoms with Crippen LogP contribution in [-0.4, -0.2) is 38.1 Å². The van der Waals surface area contributed by atoms with Gasteiger partial charge in [-0.15, -0.1) is 10.2 Å². The van der Waals surface area contributed by atoms with E-state index in [0.29, 0.717) is 5.82 Å². The fourth-order valence-corrected chi connectivity index (χ4v) is 3.70. The zero-order valence-corrected chi connectivity index (χ0v) is 14.3. The summed E-state index contributed by atoms with van der Waals surface area (Å²) in [6.45, 7) is 0. The third-order valence-electron chi connectivity index (χ3n) is 5.29. The molecule has 8 heteroatoms. The summed E-state index contributed by atoms with van der Waals surface area (Å²) in [4.78, 5) is 13.7. The minimum Gasteiger partial charge on any atom is -0.353 e. The number of carbonyl (C=O) groups excluding carboxylic acids is 1. The lowest BCUT2D eigenvalue weighted by Crippen LogP contribution is -2.48. The normalized spacial score (nSPS) is 25.5. The Labute approximate surface area is 150 Å². The Morgan fingerprint density at radius 3 is 2.46 bits per heavy atom. The molecule has 2 aliphatic rings. The van der Waals surface area contributed by atoms with E-state index in [4.69, 9.17) is 0 Å². The molecule has 138 valence electrons. The molecule has 1 amide bonds. The highest BCUT2D eigenvalue weighted by molar-refractivity contribution is 5.80. The fourth-order valence-electron chi connectivity index (χ4n) is 3.70. The number of hydrogen-bond acceptors (Lipinski definition) is 4. The molecule has 0 bridgehead atoms. The van der Waals surface area contributed by atoms with Crippen LogP contribution in [0.3, 0.4) is 0 Å². The molecule has 0 spiro atoms. The van der Waals surface area contributed by atoms with E-state index in [1.807, 2.05) is 30.3 Å². The van der Waals surface area contributed by atoms with Gasteiger partial charge in [0.1, 0.15) is 0 Å². The van der Waals surface area contributed by atoms with Crippen molar-refractivity contribution in [2.24, 2.45) is 5.92 Å². The number of carbonyl (C=O) groups is 1. The van der Waals surface area contributed by atoms with Crippen LogP contribution in [0.15, 0.2) is 30.3 Å². The first kappa shape index (κ1) is 17.1. The fraction of sp³-hybridized carbons (Fsp3) is 0.556. The number of hydrogen-bond donors (Lipinski definition) is 1. The summed E-state index contributed by atoms with van der Waals surface area (Å²) in [6, 6.07) is 9.89. The maximum absolute atomic E-state index is 12.9. The van der Waals surface area contributed by atoms with Crippen LogP contribution in [0.1, 0.15) is 44.6 Å². The second kappa shape index (κ2) is 6.74. The van der Waals surface area contributed by atoms with Crippen molar-refractivity contribution in [2.45, 2.75) is 56.5 Å². The van der Waals surface area contributed by atoms with Crippen LogP contribution in [0, 0.1) is 5.92 Å². The van der Waals surface area contributed by atoms with Gasteiger partial charge in [-0.2, -0.15) is 4.80 Å². The minimum absolute atomic E-state index is 0.0464. The van der Waals surface area contributed by atoms with Crippen molar-refractivity contribution < 1.29 is 13.6 Å². The zero-order chi connectivity index (χ0) is 18.1. The van der Waals surface area contributed by atoms with Gasteiger partial charge < -0.3 is 5.32 Å². The summed E-state index contributed by atoms with van der Waals surface area (Å²) in [5, 5.41) is 15.7. The van der Waals surface area contributed by atoms with E-state index >= 15 is 0 Å². The zero-order valence-electron chi connectivity index (χ0n) is 14.3. The van der Waals surface area contributed by atoms with Gasteiger partial charge in [-0.25, -0.2) is 8.78 Å². The molecule has 0 saturated heterocycles. The van der Waals surface area contributed by atoms with Gasteiger partial charge in [0.25, 0.3) is 0 Å². The number of aromatic nitrogens is 4. The maximum atomic E-state index is 12.9. The summed E-state index contributed by atoms with van der Waals surface area (Å²) in [5.41, 5.74) is 0.928. The number of alkyl halides is 2. The Bertz CT molecular complexity index is 763. The van der Waals surface area contributed by atoms with Gasteiger partial charge in [-0.3, -0.25) is 4.79 Å². The second-order valence-electron chi connectivity index (χ2n) is 7.27. The topological polar surface area (TPSA) is 72.7 Å². The SMILES string of the molecule is O=C(NC1CCC(n2nnc(-c3ccccc3)n2)CC1)C1CC(F)(F)C1. The molecule has 1 heterocycles. The van der Waals surface area contributed by atoms with Gasteiger partial charge in [-0.05, 0) is 30.9 Å². The lowest BCUT2D eigenvalue weighted by molar-refractivity contribution is -0.151. The predicted octanol–water partition coefficient (Wildman–Crippen LogP) is 2.99. The highest BCUT2D eigenvalue weighted by Gasteiger charge is 2.49. The lowest BCUT2D eigenvalue weighted by atomic mass is 9.80. The van der Waals surface area contributed by atoms with Crippen molar-refractivity contribution in [3.05, 3.63) is 30.3 Å². The van der Waals surface area contributed by atoms with Crippen molar-refractivity contribution in [1.29, 1.82) is 0 Å². The number of amides is 1. The smallest absolute Gasteiger partial charge is 0.249 e. The van der Waals surface area contributed by atoms with Crippen molar-refractivity contribution in [2.75, 3.05) is 0 Å². The molecule has 1 aromatic carbocycles. The van der Waals surface area contributed by atoms with E-state index in [9.17, 15) is 13.6 Å². The number of rotatable bonds is 4. The molecule has 4 rings (SSSR count). The molecule has 1 aromatic heterocycles. The average Bonchev–Trinajstić information content (AvgIpc) is 3.11. The molecule has 2 saturated carbocycles. The Morgan fingerprint density at radius 1 is 1.12 bits per heavy atom. The van der Waals surface area contributed by atoms with E-state index in [-0.39, 0.29) is 30.8 Å². The first-order valence-corrected chi connectivity index (χ1v) is 9.03. The molecule has 6 nitrogen and oxygen atoms in total. The van der Waals surface area contributed by atoms with E-state index < -0.39 is 11.8 Å². The molecule has 0 aliphatic heterocycles. The monoisotopic (exact) mass is 361 g/mol. The molecule has 2 fully saturated rings. The van der Waals surface area contributed by atoms with Gasteiger partial charge in [0.15, 0.2) is 0 Å². The van der Waals surface area contributed by atoms with Crippen molar-refractivity contribution in [1.82, 2.24) is 25.5 Å². The van der Waals surface area contributed by atoms with Crippen LogP contribution in [-0.2, 0) is 4.79 Å². The summed E-state index contributed by atoms with van der Waals surface area (Å²) in [7, 11) is 0. The van der Waals surface area contributed by atoms with Gasteiger partial charge in [0.2, 0.25) is 17.7 Å². The third-order valence-corrected chi connectivity index (χ3v) is 5.29. The van der Waals surface area contributed by atoms with E-state index in [1.165, 1.54) is 0 Å². The largest absolute Gasteiger partial charge is 0.353 e. The van der Waals surface area contributed by atoms with E-state index in [1.54, 1.807) is 4.80 Å². The summed E-state index contributed by atoms with van der Waals surface area (Å²) >= 11 is 0. The number of halogens is 2. The van der Waals surface area contributed by atoms with Crippen LogP contribution in [0.25, 0.3) is 11.4 Å². The van der Waals surface area contributed by atoms with Crippen LogP contribution in [0.2, 0.25) is 0 Å². The molecule has 1 N–H and O–H groups in total. The van der Waals surface area contributed by atoms with E-state index in [2.05, 4.69) is 20.7 Å². The van der Waals surface area contributed by atoms with Gasteiger partial charge in [0, 0.05) is 30.4 Å². The standard InChI is InChI=1S/C18H21F2N5O/c19-18(20)10-13(11-18)17(26)21-14-6-8-15(9-7-14)25-23-16(22-24-25)12-4-2-1-3-5-12/h1-5,13-15H,6-11H2,(H,21,26). The molecular weight excluding hydrogens is 340 g/mol. The molecule has 2 aromatic rings. The Kier molecular flexibility index (Phi) is 4.42. The van der Waals surface area contributed by atoms with E-state index in [0.717, 1.165) is 31.2 Å². The molecule has 0 radical (unpaired) electrons. The van der Waals surface area contributed by atoms with Gasteiger partial charge >= 0.3 is 0 Å². The number of nitrogens with one attached hydrogen (secondary N) is 1. The maximum Gasteiger partial charge on any atom is 0.249 e. The lowest BCUT2D eigenvalue weighted by Gasteiger charge is -2.36. The Morgan fingerprint density at radius 2 is 1.81 bits per heavy atom. The molecule has 26 heavy (non-hydrogen) atoms. The Hall–Kier alpha value is -2.38. The van der Waals surface area contributed by atoms with Crippen LogP contribution >= 0.6 is 0 Å². The highest BCUT2D eigenvalue weighted by atomic mass is 19.3. The Balaban J connectivity index is 1.29. The molecule has 0 unspecified atom stereocenters. The predicted molar refractivity (Wildman–Crippen MR) is 90.4 cm³/mol. The van der Waals surface area contributed by atoms with Crippen molar-refractivity contribution in [3.63, 3.8) is 0 Å². The summed E-state index contributed by atoms with van der Waals surface area (Å²) < 4.78 is 25.8. The minimum atomic E-state index is -2.66. The highest BCUT2D eigenvalue weighted by Crippen LogP contribution is 2.42. The average molecular weight is 361 g/mol. The van der Waals surface area contributed by atoms with Crippen LogP contribution < -0.4 is 5.32 Å².